The second kappa shape index (κ2) is 5.77. The largest absolute Gasteiger partial charge is 0.389 e. The van der Waals surface area contributed by atoms with E-state index in [9.17, 15) is 8.42 Å². The van der Waals surface area contributed by atoms with Crippen LogP contribution < -0.4 is 5.73 Å². The topological polar surface area (TPSA) is 72.6 Å². The molecule has 1 heterocycles. The molecule has 20 heavy (non-hydrogen) atoms. The second-order valence-corrected chi connectivity index (χ2v) is 7.24. The lowest BCUT2D eigenvalue weighted by atomic mass is 10.1. The summed E-state index contributed by atoms with van der Waals surface area (Å²) in [7, 11) is -3.54. The van der Waals surface area contributed by atoms with Gasteiger partial charge in [-0.3, -0.25) is 0 Å². The molecule has 2 rings (SSSR count). The van der Waals surface area contributed by atoms with Crippen molar-refractivity contribution in [1.29, 1.82) is 0 Å². The molecule has 0 aromatic heterocycles. The Morgan fingerprint density at radius 1 is 1.50 bits per heavy atom. The first-order valence-electron chi connectivity index (χ1n) is 6.34. The third-order valence-corrected chi connectivity index (χ3v) is 5.54. The first-order valence-corrected chi connectivity index (χ1v) is 8.19. The van der Waals surface area contributed by atoms with E-state index in [2.05, 4.69) is 0 Å². The summed E-state index contributed by atoms with van der Waals surface area (Å²) in [5, 5.41) is 0. The summed E-state index contributed by atoms with van der Waals surface area (Å²) in [4.78, 5) is 0.452. The smallest absolute Gasteiger partial charge is 0.243 e. The number of thiocarbonyl (C=S) groups is 1. The number of morpholine rings is 1. The molecule has 5 nitrogen and oxygen atoms in total. The molecule has 1 aromatic rings. The quantitative estimate of drug-likeness (QED) is 0.844. The molecule has 1 aliphatic heterocycles. The predicted molar refractivity (Wildman–Crippen MR) is 81.2 cm³/mol. The van der Waals surface area contributed by atoms with E-state index in [1.165, 1.54) is 4.31 Å². The highest BCUT2D eigenvalue weighted by Gasteiger charge is 2.30. The Hall–Kier alpha value is -1.02. The summed E-state index contributed by atoms with van der Waals surface area (Å²) in [6, 6.07) is 5.01. The Balaban J connectivity index is 2.43. The molecule has 0 aliphatic carbocycles. The van der Waals surface area contributed by atoms with E-state index < -0.39 is 10.0 Å². The van der Waals surface area contributed by atoms with Crippen LogP contribution in [0.2, 0.25) is 0 Å². The molecule has 7 heteroatoms. The van der Waals surface area contributed by atoms with Crippen LogP contribution in [-0.2, 0) is 14.8 Å². The van der Waals surface area contributed by atoms with E-state index in [1.807, 2.05) is 6.92 Å². The summed E-state index contributed by atoms with van der Waals surface area (Å²) >= 11 is 4.91. The van der Waals surface area contributed by atoms with Gasteiger partial charge in [0.05, 0.1) is 17.6 Å². The number of nitrogens with zero attached hydrogens (tertiary/aromatic N) is 1. The standard InChI is InChI=1S/C13H18N2O3S2/c1-9-3-4-11(13(14)19)7-12(9)20(16,17)15-5-6-18-10(2)8-15/h3-4,7,10H,5-6,8H2,1-2H3,(H2,14,19). The van der Waals surface area contributed by atoms with Gasteiger partial charge in [-0.15, -0.1) is 0 Å². The average Bonchev–Trinajstić information content (AvgIpc) is 2.38. The molecule has 1 aliphatic rings. The molecule has 1 aromatic carbocycles. The lowest BCUT2D eigenvalue weighted by Crippen LogP contribution is -2.44. The maximum Gasteiger partial charge on any atom is 0.243 e. The van der Waals surface area contributed by atoms with Crippen LogP contribution in [0.3, 0.4) is 0 Å². The van der Waals surface area contributed by atoms with Crippen LogP contribution in [0.4, 0.5) is 0 Å². The van der Waals surface area contributed by atoms with Gasteiger partial charge in [0, 0.05) is 18.7 Å². The number of ether oxygens (including phenoxy) is 1. The minimum atomic E-state index is -3.54. The van der Waals surface area contributed by atoms with Crippen LogP contribution in [-0.4, -0.2) is 43.5 Å². The van der Waals surface area contributed by atoms with E-state index in [0.29, 0.717) is 30.8 Å². The number of hydrogen-bond acceptors (Lipinski definition) is 4. The van der Waals surface area contributed by atoms with Gasteiger partial charge in [-0.25, -0.2) is 8.42 Å². The van der Waals surface area contributed by atoms with Crippen LogP contribution in [0.5, 0.6) is 0 Å². The molecule has 1 fully saturated rings. The van der Waals surface area contributed by atoms with E-state index in [1.54, 1.807) is 25.1 Å². The molecule has 0 radical (unpaired) electrons. The van der Waals surface area contributed by atoms with Gasteiger partial charge in [0.25, 0.3) is 0 Å². The van der Waals surface area contributed by atoms with Crippen LogP contribution >= 0.6 is 12.2 Å². The van der Waals surface area contributed by atoms with Crippen molar-refractivity contribution in [3.8, 4) is 0 Å². The highest BCUT2D eigenvalue weighted by molar-refractivity contribution is 7.89. The van der Waals surface area contributed by atoms with E-state index >= 15 is 0 Å². The van der Waals surface area contributed by atoms with Crippen molar-refractivity contribution >= 4 is 27.2 Å². The summed E-state index contributed by atoms with van der Waals surface area (Å²) in [5.41, 5.74) is 6.82. The number of nitrogens with two attached hydrogens (primary N) is 1. The van der Waals surface area contributed by atoms with Gasteiger partial charge >= 0.3 is 0 Å². The van der Waals surface area contributed by atoms with Crippen molar-refractivity contribution in [2.24, 2.45) is 5.73 Å². The van der Waals surface area contributed by atoms with E-state index in [0.717, 1.165) is 0 Å². The molecule has 0 saturated carbocycles. The molecular weight excluding hydrogens is 296 g/mol. The zero-order valence-electron chi connectivity index (χ0n) is 11.5. The molecule has 0 amide bonds. The van der Waals surface area contributed by atoms with Gasteiger partial charge < -0.3 is 10.5 Å². The highest BCUT2D eigenvalue weighted by Crippen LogP contribution is 2.23. The fourth-order valence-electron chi connectivity index (χ4n) is 2.18. The minimum absolute atomic E-state index is 0.0994. The normalized spacial score (nSPS) is 20.8. The first kappa shape index (κ1) is 15.4. The molecule has 1 unspecified atom stereocenters. The van der Waals surface area contributed by atoms with Gasteiger partial charge in [-0.05, 0) is 25.5 Å². The number of aryl methyl sites for hydroxylation is 1. The Morgan fingerprint density at radius 3 is 2.80 bits per heavy atom. The van der Waals surface area contributed by atoms with Crippen molar-refractivity contribution in [1.82, 2.24) is 4.31 Å². The lowest BCUT2D eigenvalue weighted by molar-refractivity contribution is 0.0102. The molecule has 2 N–H and O–H groups in total. The minimum Gasteiger partial charge on any atom is -0.389 e. The molecule has 1 atom stereocenters. The molecule has 1 saturated heterocycles. The van der Waals surface area contributed by atoms with Crippen molar-refractivity contribution in [3.63, 3.8) is 0 Å². The van der Waals surface area contributed by atoms with Crippen LogP contribution in [0.15, 0.2) is 23.1 Å². The highest BCUT2D eigenvalue weighted by atomic mass is 32.2. The maximum atomic E-state index is 12.7. The number of sulfonamides is 1. The Kier molecular flexibility index (Phi) is 4.43. The van der Waals surface area contributed by atoms with Crippen LogP contribution in [0, 0.1) is 6.92 Å². The van der Waals surface area contributed by atoms with Gasteiger partial charge in [-0.1, -0.05) is 24.4 Å². The summed E-state index contributed by atoms with van der Waals surface area (Å²) < 4.78 is 32.3. The summed E-state index contributed by atoms with van der Waals surface area (Å²) in [6.45, 7) is 4.76. The van der Waals surface area contributed by atoms with Crippen molar-refractivity contribution in [2.45, 2.75) is 24.8 Å². The number of hydrogen-bond donors (Lipinski definition) is 1. The molecule has 0 spiro atoms. The van der Waals surface area contributed by atoms with Gasteiger partial charge in [-0.2, -0.15) is 4.31 Å². The fourth-order valence-corrected chi connectivity index (χ4v) is 4.05. The summed E-state index contributed by atoms with van der Waals surface area (Å²) in [6.07, 6.45) is -0.0994. The zero-order chi connectivity index (χ0) is 14.9. The summed E-state index contributed by atoms with van der Waals surface area (Å²) in [5.74, 6) is 0. The van der Waals surface area contributed by atoms with E-state index in [4.69, 9.17) is 22.7 Å². The second-order valence-electron chi connectivity index (χ2n) is 4.89. The Morgan fingerprint density at radius 2 is 2.20 bits per heavy atom. The monoisotopic (exact) mass is 314 g/mol. The third-order valence-electron chi connectivity index (χ3n) is 3.29. The maximum absolute atomic E-state index is 12.7. The van der Waals surface area contributed by atoms with Crippen LogP contribution in [0.25, 0.3) is 0 Å². The zero-order valence-corrected chi connectivity index (χ0v) is 13.1. The van der Waals surface area contributed by atoms with Gasteiger partial charge in [0.15, 0.2) is 0 Å². The van der Waals surface area contributed by atoms with Crippen molar-refractivity contribution in [2.75, 3.05) is 19.7 Å². The third kappa shape index (κ3) is 3.01. The Bertz CT molecular complexity index is 629. The fraction of sp³-hybridized carbons (Fsp3) is 0.462. The lowest BCUT2D eigenvalue weighted by Gasteiger charge is -2.30. The SMILES string of the molecule is Cc1ccc(C(N)=S)cc1S(=O)(=O)N1CCOC(C)C1. The predicted octanol–water partition coefficient (Wildman–Crippen LogP) is 1.04. The average molecular weight is 314 g/mol. The number of rotatable bonds is 3. The van der Waals surface area contributed by atoms with Gasteiger partial charge in [0.1, 0.15) is 4.99 Å². The van der Waals surface area contributed by atoms with Crippen molar-refractivity contribution in [3.05, 3.63) is 29.3 Å². The van der Waals surface area contributed by atoms with E-state index in [-0.39, 0.29) is 16.0 Å². The van der Waals surface area contributed by atoms with Crippen LogP contribution in [0.1, 0.15) is 18.1 Å². The van der Waals surface area contributed by atoms with Gasteiger partial charge in [0.2, 0.25) is 10.0 Å². The molecular formula is C13H18N2O3S2. The van der Waals surface area contributed by atoms with Crippen molar-refractivity contribution < 1.29 is 13.2 Å². The molecule has 110 valence electrons. The molecule has 0 bridgehead atoms. The number of benzene rings is 1. The Labute approximate surface area is 124 Å². The first-order chi connectivity index (χ1) is 9.32.